The highest BCUT2D eigenvalue weighted by Crippen LogP contribution is 2.23. The second kappa shape index (κ2) is 5.64. The Morgan fingerprint density at radius 1 is 1.35 bits per heavy atom. The minimum absolute atomic E-state index is 0.0738. The third kappa shape index (κ3) is 2.69. The maximum Gasteiger partial charge on any atom is 0.225 e. The number of carbonyl (C=O) groups excluding carboxylic acids is 1. The van der Waals surface area contributed by atoms with E-state index in [-0.39, 0.29) is 5.91 Å². The molecule has 1 N–H and O–H groups in total. The molecule has 1 amide bonds. The maximum atomic E-state index is 11.4. The van der Waals surface area contributed by atoms with Crippen LogP contribution in [0.2, 0.25) is 0 Å². The summed E-state index contributed by atoms with van der Waals surface area (Å²) < 4.78 is 2.00. The summed E-state index contributed by atoms with van der Waals surface area (Å²) in [6.07, 6.45) is 4.30. The van der Waals surface area contributed by atoms with E-state index in [4.69, 9.17) is 11.6 Å². The SMILES string of the molecule is O=C(CCCl)Nc1ccc(-c2cn3ccsc3n2)cc1. The summed E-state index contributed by atoms with van der Waals surface area (Å²) in [5.41, 5.74) is 2.72. The summed E-state index contributed by atoms with van der Waals surface area (Å²) in [7, 11) is 0. The van der Waals surface area contributed by atoms with Gasteiger partial charge in [-0.15, -0.1) is 22.9 Å². The Bertz CT molecular complexity index is 704. The van der Waals surface area contributed by atoms with Gasteiger partial charge in [0, 0.05) is 41.3 Å². The van der Waals surface area contributed by atoms with E-state index >= 15 is 0 Å². The number of nitrogens with one attached hydrogen (secondary N) is 1. The van der Waals surface area contributed by atoms with Gasteiger partial charge in [0.1, 0.15) is 0 Å². The Kier molecular flexibility index (Phi) is 3.71. The molecule has 0 aliphatic heterocycles. The van der Waals surface area contributed by atoms with Gasteiger partial charge in [-0.1, -0.05) is 12.1 Å². The first-order valence-electron chi connectivity index (χ1n) is 6.15. The summed E-state index contributed by atoms with van der Waals surface area (Å²) in [5, 5.41) is 4.80. The zero-order valence-electron chi connectivity index (χ0n) is 10.5. The number of benzene rings is 1. The first-order chi connectivity index (χ1) is 9.76. The van der Waals surface area contributed by atoms with Crippen molar-refractivity contribution in [3.63, 3.8) is 0 Å². The van der Waals surface area contributed by atoms with Crippen molar-refractivity contribution in [2.75, 3.05) is 11.2 Å². The van der Waals surface area contributed by atoms with Crippen LogP contribution in [0, 0.1) is 0 Å². The lowest BCUT2D eigenvalue weighted by atomic mass is 10.1. The molecule has 0 spiro atoms. The van der Waals surface area contributed by atoms with Crippen LogP contribution in [0.5, 0.6) is 0 Å². The van der Waals surface area contributed by atoms with Gasteiger partial charge in [0.25, 0.3) is 0 Å². The van der Waals surface area contributed by atoms with Crippen LogP contribution in [0.3, 0.4) is 0 Å². The minimum Gasteiger partial charge on any atom is -0.326 e. The van der Waals surface area contributed by atoms with E-state index in [1.165, 1.54) is 0 Å². The molecule has 0 bridgehead atoms. The van der Waals surface area contributed by atoms with Gasteiger partial charge in [-0.2, -0.15) is 0 Å². The summed E-state index contributed by atoms with van der Waals surface area (Å²) >= 11 is 7.13. The molecule has 0 aliphatic rings. The predicted molar refractivity (Wildman–Crippen MR) is 82.5 cm³/mol. The minimum atomic E-state index is -0.0738. The zero-order valence-corrected chi connectivity index (χ0v) is 12.1. The fourth-order valence-electron chi connectivity index (χ4n) is 1.90. The van der Waals surface area contributed by atoms with E-state index in [0.29, 0.717) is 12.3 Å². The normalized spacial score (nSPS) is 10.8. The van der Waals surface area contributed by atoms with Crippen LogP contribution in [-0.2, 0) is 4.79 Å². The number of alkyl halides is 1. The van der Waals surface area contributed by atoms with Crippen LogP contribution >= 0.6 is 22.9 Å². The number of amides is 1. The highest BCUT2D eigenvalue weighted by atomic mass is 35.5. The Hall–Kier alpha value is -1.85. The van der Waals surface area contributed by atoms with Crippen molar-refractivity contribution >= 4 is 39.5 Å². The molecule has 0 atom stereocenters. The van der Waals surface area contributed by atoms with Gasteiger partial charge in [-0.05, 0) is 12.1 Å². The van der Waals surface area contributed by atoms with Gasteiger partial charge >= 0.3 is 0 Å². The topological polar surface area (TPSA) is 46.4 Å². The molecule has 2 aromatic heterocycles. The van der Waals surface area contributed by atoms with Crippen LogP contribution in [0.1, 0.15) is 6.42 Å². The van der Waals surface area contributed by atoms with Crippen LogP contribution in [0.25, 0.3) is 16.2 Å². The van der Waals surface area contributed by atoms with E-state index < -0.39 is 0 Å². The summed E-state index contributed by atoms with van der Waals surface area (Å²) in [6, 6.07) is 7.63. The van der Waals surface area contributed by atoms with Gasteiger partial charge in [0.2, 0.25) is 5.91 Å². The molecule has 102 valence electrons. The van der Waals surface area contributed by atoms with Crippen molar-refractivity contribution in [1.82, 2.24) is 9.38 Å². The van der Waals surface area contributed by atoms with Crippen molar-refractivity contribution in [3.05, 3.63) is 42.0 Å². The smallest absolute Gasteiger partial charge is 0.225 e. The molecule has 3 rings (SSSR count). The first-order valence-corrected chi connectivity index (χ1v) is 7.56. The third-order valence-corrected chi connectivity index (χ3v) is 3.84. The first kappa shape index (κ1) is 13.1. The van der Waals surface area contributed by atoms with Crippen molar-refractivity contribution in [3.8, 4) is 11.3 Å². The number of fused-ring (bicyclic) bond motifs is 1. The van der Waals surface area contributed by atoms with Gasteiger partial charge in [-0.3, -0.25) is 9.20 Å². The average molecular weight is 306 g/mol. The van der Waals surface area contributed by atoms with Crippen molar-refractivity contribution in [2.45, 2.75) is 6.42 Å². The molecule has 0 saturated carbocycles. The molecule has 0 saturated heterocycles. The molecule has 2 heterocycles. The number of thiazole rings is 1. The van der Waals surface area contributed by atoms with Gasteiger partial charge < -0.3 is 5.32 Å². The van der Waals surface area contributed by atoms with E-state index in [1.54, 1.807) is 11.3 Å². The lowest BCUT2D eigenvalue weighted by molar-refractivity contribution is -0.115. The van der Waals surface area contributed by atoms with Crippen molar-refractivity contribution < 1.29 is 4.79 Å². The number of nitrogens with zero attached hydrogens (tertiary/aromatic N) is 2. The average Bonchev–Trinajstić information content (AvgIpc) is 3.00. The summed E-state index contributed by atoms with van der Waals surface area (Å²) in [5.74, 6) is 0.255. The van der Waals surface area contributed by atoms with E-state index in [9.17, 15) is 4.79 Å². The number of hydrogen-bond acceptors (Lipinski definition) is 3. The molecule has 0 radical (unpaired) electrons. The second-order valence-corrected chi connectivity index (χ2v) is 5.53. The zero-order chi connectivity index (χ0) is 13.9. The Balaban J connectivity index is 1.78. The van der Waals surface area contributed by atoms with Crippen molar-refractivity contribution in [2.24, 2.45) is 0 Å². The molecule has 3 aromatic rings. The Morgan fingerprint density at radius 2 is 2.15 bits per heavy atom. The third-order valence-electron chi connectivity index (χ3n) is 2.88. The number of halogens is 1. The number of imidazole rings is 1. The molecular formula is C14H12ClN3OS. The Labute approximate surface area is 125 Å². The molecule has 0 aliphatic carbocycles. The van der Waals surface area contributed by atoms with Crippen LogP contribution in [0.4, 0.5) is 5.69 Å². The predicted octanol–water partition coefficient (Wildman–Crippen LogP) is 3.63. The summed E-state index contributed by atoms with van der Waals surface area (Å²) in [4.78, 5) is 17.0. The molecule has 0 unspecified atom stereocenters. The van der Waals surface area contributed by atoms with Crippen LogP contribution in [-0.4, -0.2) is 21.2 Å². The molecule has 6 heteroatoms. The fourth-order valence-corrected chi connectivity index (χ4v) is 2.77. The second-order valence-electron chi connectivity index (χ2n) is 4.28. The highest BCUT2D eigenvalue weighted by molar-refractivity contribution is 7.15. The number of carbonyl (C=O) groups is 1. The number of hydrogen-bond donors (Lipinski definition) is 1. The van der Waals surface area contributed by atoms with Gasteiger partial charge in [-0.25, -0.2) is 4.98 Å². The lowest BCUT2D eigenvalue weighted by Crippen LogP contribution is -2.11. The Morgan fingerprint density at radius 3 is 2.85 bits per heavy atom. The van der Waals surface area contributed by atoms with Crippen LogP contribution < -0.4 is 5.32 Å². The summed E-state index contributed by atoms with van der Waals surface area (Å²) in [6.45, 7) is 0. The number of anilines is 1. The molecule has 1 aromatic carbocycles. The lowest BCUT2D eigenvalue weighted by Gasteiger charge is -2.04. The maximum absolute atomic E-state index is 11.4. The van der Waals surface area contributed by atoms with Gasteiger partial charge in [0.15, 0.2) is 4.96 Å². The fraction of sp³-hybridized carbons (Fsp3) is 0.143. The number of aromatic nitrogens is 2. The standard InChI is InChI=1S/C14H12ClN3OS/c15-6-5-13(19)16-11-3-1-10(2-4-11)12-9-18-7-8-20-14(18)17-12/h1-4,7-9H,5-6H2,(H,16,19). The molecule has 20 heavy (non-hydrogen) atoms. The molecular weight excluding hydrogens is 294 g/mol. The number of rotatable bonds is 4. The van der Waals surface area contributed by atoms with E-state index in [2.05, 4.69) is 10.3 Å². The largest absolute Gasteiger partial charge is 0.326 e. The van der Waals surface area contributed by atoms with E-state index in [0.717, 1.165) is 21.9 Å². The van der Waals surface area contributed by atoms with Crippen molar-refractivity contribution in [1.29, 1.82) is 0 Å². The van der Waals surface area contributed by atoms with Crippen LogP contribution in [0.15, 0.2) is 42.0 Å². The van der Waals surface area contributed by atoms with Gasteiger partial charge in [0.05, 0.1) is 5.69 Å². The quantitative estimate of drug-likeness (QED) is 0.748. The monoisotopic (exact) mass is 305 g/mol. The molecule has 0 fully saturated rings. The molecule has 4 nitrogen and oxygen atoms in total. The van der Waals surface area contributed by atoms with E-state index in [1.807, 2.05) is 46.4 Å². The highest BCUT2D eigenvalue weighted by Gasteiger charge is 2.06.